The van der Waals surface area contributed by atoms with E-state index in [1.807, 2.05) is 18.2 Å². The molecule has 3 aromatic carbocycles. The number of carbonyl (C=O) groups is 1. The predicted molar refractivity (Wildman–Crippen MR) is 132 cm³/mol. The molecular formula is C28H26O7. The third-order valence-electron chi connectivity index (χ3n) is 5.57. The highest BCUT2D eigenvalue weighted by Gasteiger charge is 2.24. The van der Waals surface area contributed by atoms with Crippen molar-refractivity contribution in [1.29, 1.82) is 0 Å². The second-order valence-corrected chi connectivity index (χ2v) is 7.75. The summed E-state index contributed by atoms with van der Waals surface area (Å²) in [6.45, 7) is 3.70. The Kier molecular flexibility index (Phi) is 7.06. The molecule has 0 bridgehead atoms. The summed E-state index contributed by atoms with van der Waals surface area (Å²) in [6.07, 6.45) is -0.951. The van der Waals surface area contributed by atoms with Crippen LogP contribution in [-0.4, -0.2) is 26.8 Å². The van der Waals surface area contributed by atoms with E-state index in [-0.39, 0.29) is 12.0 Å². The van der Waals surface area contributed by atoms with E-state index in [4.69, 9.17) is 23.4 Å². The molecule has 1 atom stereocenters. The zero-order chi connectivity index (χ0) is 24.9. The van der Waals surface area contributed by atoms with Gasteiger partial charge in [0.05, 0.1) is 31.8 Å². The van der Waals surface area contributed by atoms with E-state index in [1.54, 1.807) is 69.5 Å². The number of rotatable bonds is 8. The molecule has 35 heavy (non-hydrogen) atoms. The monoisotopic (exact) mass is 474 g/mol. The Bertz CT molecular complexity index is 1410. The highest BCUT2D eigenvalue weighted by molar-refractivity contribution is 5.84. The summed E-state index contributed by atoms with van der Waals surface area (Å²) in [7, 11) is 3.09. The first-order valence-corrected chi connectivity index (χ1v) is 11.1. The number of hydrogen-bond acceptors (Lipinski definition) is 7. The summed E-state index contributed by atoms with van der Waals surface area (Å²) in [6, 6.07) is 19.2. The van der Waals surface area contributed by atoms with Gasteiger partial charge < -0.3 is 23.4 Å². The zero-order valence-corrected chi connectivity index (χ0v) is 20.0. The van der Waals surface area contributed by atoms with Crippen LogP contribution in [-0.2, 0) is 9.53 Å². The van der Waals surface area contributed by atoms with Crippen LogP contribution in [0.15, 0.2) is 75.9 Å². The summed E-state index contributed by atoms with van der Waals surface area (Å²) < 4.78 is 27.9. The van der Waals surface area contributed by atoms with Crippen molar-refractivity contribution in [2.45, 2.75) is 20.0 Å². The van der Waals surface area contributed by atoms with Gasteiger partial charge in [0.25, 0.3) is 0 Å². The number of aryl methyl sites for hydroxylation is 1. The molecule has 0 aliphatic rings. The first-order chi connectivity index (χ1) is 17.0. The van der Waals surface area contributed by atoms with Crippen molar-refractivity contribution in [2.75, 3.05) is 20.8 Å². The van der Waals surface area contributed by atoms with Crippen molar-refractivity contribution >= 4 is 16.9 Å². The van der Waals surface area contributed by atoms with E-state index in [0.29, 0.717) is 50.7 Å². The molecule has 4 aromatic rings. The average molecular weight is 475 g/mol. The van der Waals surface area contributed by atoms with Gasteiger partial charge in [0.2, 0.25) is 11.5 Å². The number of hydrogen-bond donors (Lipinski definition) is 0. The lowest BCUT2D eigenvalue weighted by Gasteiger charge is -2.18. The molecule has 4 rings (SSSR count). The Morgan fingerprint density at radius 1 is 0.943 bits per heavy atom. The minimum atomic E-state index is -0.951. The molecule has 0 aliphatic carbocycles. The molecule has 1 aromatic heterocycles. The molecule has 0 N–H and O–H groups in total. The maximum atomic E-state index is 13.4. The van der Waals surface area contributed by atoms with E-state index in [2.05, 4.69) is 0 Å². The normalized spacial score (nSPS) is 11.7. The Morgan fingerprint density at radius 2 is 1.69 bits per heavy atom. The van der Waals surface area contributed by atoms with Crippen LogP contribution in [0.25, 0.3) is 22.1 Å². The summed E-state index contributed by atoms with van der Waals surface area (Å²) >= 11 is 0. The van der Waals surface area contributed by atoms with Crippen molar-refractivity contribution in [3.8, 4) is 28.4 Å². The van der Waals surface area contributed by atoms with E-state index < -0.39 is 12.1 Å². The van der Waals surface area contributed by atoms with Crippen LogP contribution in [0.1, 0.15) is 24.4 Å². The van der Waals surface area contributed by atoms with Gasteiger partial charge >= 0.3 is 5.97 Å². The van der Waals surface area contributed by atoms with Gasteiger partial charge in [-0.1, -0.05) is 36.4 Å². The first kappa shape index (κ1) is 23.9. The number of fused-ring (bicyclic) bond motifs is 1. The Hall–Kier alpha value is -4.26. The van der Waals surface area contributed by atoms with Gasteiger partial charge in [0.15, 0.2) is 11.5 Å². The van der Waals surface area contributed by atoms with Crippen molar-refractivity contribution in [3.05, 3.63) is 88.3 Å². The smallest absolute Gasteiger partial charge is 0.352 e. The standard InChI is InChI=1S/C28H26O7/c1-5-33-28(30)27(18-9-7-6-8-10-18)35-20-12-13-21-23(16-20)34-17(2)25(26(21)29)19-11-14-22(31-3)24(15-19)32-4/h6-16,27H,5H2,1-4H3. The van der Waals surface area contributed by atoms with Gasteiger partial charge in [-0.25, -0.2) is 4.79 Å². The maximum Gasteiger partial charge on any atom is 0.352 e. The molecule has 0 radical (unpaired) electrons. The van der Waals surface area contributed by atoms with Crippen molar-refractivity contribution in [3.63, 3.8) is 0 Å². The number of esters is 1. The van der Waals surface area contributed by atoms with Gasteiger partial charge in [-0.2, -0.15) is 0 Å². The zero-order valence-electron chi connectivity index (χ0n) is 20.0. The van der Waals surface area contributed by atoms with Crippen molar-refractivity contribution < 1.29 is 28.2 Å². The summed E-state index contributed by atoms with van der Waals surface area (Å²) in [5, 5.41) is 0.389. The predicted octanol–water partition coefficient (Wildman–Crippen LogP) is 5.47. The Labute approximate surface area is 202 Å². The molecule has 0 aliphatic heterocycles. The van der Waals surface area contributed by atoms with Gasteiger partial charge in [-0.15, -0.1) is 0 Å². The lowest BCUT2D eigenvalue weighted by molar-refractivity contribution is -0.151. The highest BCUT2D eigenvalue weighted by Crippen LogP contribution is 2.34. The third kappa shape index (κ3) is 4.84. The topological polar surface area (TPSA) is 84.2 Å². The van der Waals surface area contributed by atoms with Crippen molar-refractivity contribution in [1.82, 2.24) is 0 Å². The third-order valence-corrected chi connectivity index (χ3v) is 5.57. The summed E-state index contributed by atoms with van der Waals surface area (Å²) in [4.78, 5) is 26.0. The molecule has 1 unspecified atom stereocenters. The quantitative estimate of drug-likeness (QED) is 0.313. The minimum absolute atomic E-state index is 0.187. The largest absolute Gasteiger partial charge is 0.493 e. The number of benzene rings is 3. The second kappa shape index (κ2) is 10.3. The number of ether oxygens (including phenoxy) is 4. The molecule has 180 valence electrons. The molecule has 0 spiro atoms. The SMILES string of the molecule is CCOC(=O)C(Oc1ccc2c(=O)c(-c3ccc(OC)c(OC)c3)c(C)oc2c1)c1ccccc1. The highest BCUT2D eigenvalue weighted by atomic mass is 16.6. The van der Waals surface area contributed by atoms with E-state index in [0.717, 1.165) is 0 Å². The lowest BCUT2D eigenvalue weighted by Crippen LogP contribution is -2.21. The molecule has 0 saturated heterocycles. The van der Waals surface area contributed by atoms with E-state index >= 15 is 0 Å². The van der Waals surface area contributed by atoms with E-state index in [9.17, 15) is 9.59 Å². The fourth-order valence-corrected chi connectivity index (χ4v) is 3.92. The van der Waals surface area contributed by atoms with E-state index in [1.165, 1.54) is 7.11 Å². The fourth-order valence-electron chi connectivity index (χ4n) is 3.92. The molecular weight excluding hydrogens is 448 g/mol. The van der Waals surface area contributed by atoms with Crippen LogP contribution in [0.5, 0.6) is 17.2 Å². The lowest BCUT2D eigenvalue weighted by atomic mass is 10.0. The molecule has 0 amide bonds. The number of methoxy groups -OCH3 is 2. The van der Waals surface area contributed by atoms with Crippen LogP contribution in [0.4, 0.5) is 0 Å². The van der Waals surface area contributed by atoms with Crippen LogP contribution in [0, 0.1) is 6.92 Å². The van der Waals surface area contributed by atoms with Gasteiger partial charge in [-0.05, 0) is 43.7 Å². The molecule has 7 nitrogen and oxygen atoms in total. The Balaban J connectivity index is 1.74. The van der Waals surface area contributed by atoms with Gasteiger partial charge in [0, 0.05) is 11.6 Å². The minimum Gasteiger partial charge on any atom is -0.493 e. The molecule has 0 fully saturated rings. The Morgan fingerprint density at radius 3 is 2.37 bits per heavy atom. The number of carbonyl (C=O) groups excluding carboxylic acids is 1. The summed E-state index contributed by atoms with van der Waals surface area (Å²) in [5.41, 5.74) is 1.91. The van der Waals surface area contributed by atoms with Crippen LogP contribution >= 0.6 is 0 Å². The summed E-state index contributed by atoms with van der Waals surface area (Å²) in [5.74, 6) is 1.40. The maximum absolute atomic E-state index is 13.4. The second-order valence-electron chi connectivity index (χ2n) is 7.75. The van der Waals surface area contributed by atoms with Crippen LogP contribution in [0.2, 0.25) is 0 Å². The molecule has 7 heteroatoms. The van der Waals surface area contributed by atoms with Crippen molar-refractivity contribution in [2.24, 2.45) is 0 Å². The van der Waals surface area contributed by atoms with Crippen LogP contribution in [0.3, 0.4) is 0 Å². The van der Waals surface area contributed by atoms with Gasteiger partial charge in [0.1, 0.15) is 17.1 Å². The molecule has 0 saturated carbocycles. The van der Waals surface area contributed by atoms with Gasteiger partial charge in [-0.3, -0.25) is 4.79 Å². The van der Waals surface area contributed by atoms with Crippen LogP contribution < -0.4 is 19.6 Å². The average Bonchev–Trinajstić information content (AvgIpc) is 2.87. The fraction of sp³-hybridized carbons (Fsp3) is 0.214. The first-order valence-electron chi connectivity index (χ1n) is 11.1. The molecule has 1 heterocycles.